The van der Waals surface area contributed by atoms with Gasteiger partial charge < -0.3 is 19.3 Å². The number of fused-ring (bicyclic) bond motifs is 3. The van der Waals surface area contributed by atoms with Gasteiger partial charge in [0.1, 0.15) is 5.75 Å². The molecule has 3 rings (SSSR count). The van der Waals surface area contributed by atoms with E-state index < -0.39 is 0 Å². The summed E-state index contributed by atoms with van der Waals surface area (Å²) in [5.41, 5.74) is 0.855. The second-order valence-electron chi connectivity index (χ2n) is 5.03. The molecule has 114 valence electrons. The zero-order valence-corrected chi connectivity index (χ0v) is 12.8. The van der Waals surface area contributed by atoms with Gasteiger partial charge in [0, 0.05) is 0 Å². The van der Waals surface area contributed by atoms with Gasteiger partial charge in [0.25, 0.3) is 0 Å². The summed E-state index contributed by atoms with van der Waals surface area (Å²) in [4.78, 5) is 0. The zero-order valence-electron chi connectivity index (χ0n) is 12.8. The standard InChI is InChI=1S/C18H18O4/c1-20-13-4-5-14-15(8-13)12(10-19)6-11-7-17(21-2)18(22-3)9-16(11)14/h4-9,19H,10H2,1-3H3. The fourth-order valence-corrected chi connectivity index (χ4v) is 2.79. The molecule has 4 heteroatoms. The molecule has 0 aliphatic carbocycles. The molecule has 0 unspecified atom stereocenters. The Balaban J connectivity index is 2.42. The number of methoxy groups -OCH3 is 3. The highest BCUT2D eigenvalue weighted by molar-refractivity contribution is 6.10. The van der Waals surface area contributed by atoms with Crippen LogP contribution in [-0.2, 0) is 6.61 Å². The summed E-state index contributed by atoms with van der Waals surface area (Å²) in [6.45, 7) is -0.0338. The van der Waals surface area contributed by atoms with Crippen molar-refractivity contribution in [2.75, 3.05) is 21.3 Å². The van der Waals surface area contributed by atoms with Crippen LogP contribution >= 0.6 is 0 Å². The lowest BCUT2D eigenvalue weighted by Gasteiger charge is -2.14. The Morgan fingerprint density at radius 2 is 1.50 bits per heavy atom. The van der Waals surface area contributed by atoms with Crippen LogP contribution in [0.5, 0.6) is 17.2 Å². The summed E-state index contributed by atoms with van der Waals surface area (Å²) in [5.74, 6) is 2.12. The highest BCUT2D eigenvalue weighted by Gasteiger charge is 2.12. The fraction of sp³-hybridized carbons (Fsp3) is 0.222. The highest BCUT2D eigenvalue weighted by atomic mass is 16.5. The average Bonchev–Trinajstić information content (AvgIpc) is 2.58. The van der Waals surface area contributed by atoms with Crippen LogP contribution in [0.15, 0.2) is 36.4 Å². The average molecular weight is 298 g/mol. The topological polar surface area (TPSA) is 47.9 Å². The van der Waals surface area contributed by atoms with Crippen LogP contribution in [-0.4, -0.2) is 26.4 Å². The predicted molar refractivity (Wildman–Crippen MR) is 87.0 cm³/mol. The van der Waals surface area contributed by atoms with Crippen LogP contribution in [0.1, 0.15) is 5.56 Å². The summed E-state index contributed by atoms with van der Waals surface area (Å²) in [6, 6.07) is 11.7. The lowest BCUT2D eigenvalue weighted by atomic mass is 9.97. The Morgan fingerprint density at radius 3 is 2.14 bits per heavy atom. The fourth-order valence-electron chi connectivity index (χ4n) is 2.79. The molecular formula is C18H18O4. The normalized spacial score (nSPS) is 10.9. The number of hydrogen-bond acceptors (Lipinski definition) is 4. The van der Waals surface area contributed by atoms with Gasteiger partial charge in [0.15, 0.2) is 11.5 Å². The number of aliphatic hydroxyl groups is 1. The Kier molecular flexibility index (Phi) is 3.77. The molecule has 0 aromatic heterocycles. The number of benzene rings is 3. The molecule has 22 heavy (non-hydrogen) atoms. The molecule has 3 aromatic carbocycles. The Morgan fingerprint density at radius 1 is 0.773 bits per heavy atom. The van der Waals surface area contributed by atoms with E-state index in [9.17, 15) is 5.11 Å². The first-order valence-electron chi connectivity index (χ1n) is 6.98. The smallest absolute Gasteiger partial charge is 0.161 e. The first-order valence-corrected chi connectivity index (χ1v) is 6.98. The van der Waals surface area contributed by atoms with Gasteiger partial charge in [-0.1, -0.05) is 6.07 Å². The van der Waals surface area contributed by atoms with Crippen LogP contribution < -0.4 is 14.2 Å². The van der Waals surface area contributed by atoms with Gasteiger partial charge in [-0.3, -0.25) is 0 Å². The second-order valence-corrected chi connectivity index (χ2v) is 5.03. The van der Waals surface area contributed by atoms with Gasteiger partial charge in [0.05, 0.1) is 27.9 Å². The first kappa shape index (κ1) is 14.5. The van der Waals surface area contributed by atoms with Gasteiger partial charge in [-0.25, -0.2) is 0 Å². The second kappa shape index (κ2) is 5.73. The van der Waals surface area contributed by atoms with Crippen molar-refractivity contribution in [3.8, 4) is 17.2 Å². The molecule has 0 fully saturated rings. The van der Waals surface area contributed by atoms with Gasteiger partial charge >= 0.3 is 0 Å². The van der Waals surface area contributed by atoms with Gasteiger partial charge in [-0.15, -0.1) is 0 Å². The molecule has 3 aromatic rings. The van der Waals surface area contributed by atoms with Crippen LogP contribution in [0.3, 0.4) is 0 Å². The van der Waals surface area contributed by atoms with E-state index >= 15 is 0 Å². The van der Waals surface area contributed by atoms with Crippen molar-refractivity contribution in [3.63, 3.8) is 0 Å². The first-order chi connectivity index (χ1) is 10.7. The molecule has 0 saturated heterocycles. The third-order valence-electron chi connectivity index (χ3n) is 3.92. The molecular weight excluding hydrogens is 280 g/mol. The molecule has 0 amide bonds. The summed E-state index contributed by atoms with van der Waals surface area (Å²) in [5, 5.41) is 13.8. The summed E-state index contributed by atoms with van der Waals surface area (Å²) >= 11 is 0. The zero-order chi connectivity index (χ0) is 15.7. The van der Waals surface area contributed by atoms with E-state index in [0.717, 1.165) is 32.9 Å². The maximum absolute atomic E-state index is 9.69. The van der Waals surface area contributed by atoms with Crippen molar-refractivity contribution in [1.82, 2.24) is 0 Å². The lowest BCUT2D eigenvalue weighted by Crippen LogP contribution is -1.93. The van der Waals surface area contributed by atoms with Crippen molar-refractivity contribution < 1.29 is 19.3 Å². The SMILES string of the molecule is COc1ccc2c(c1)c(CO)cc1cc(OC)c(OC)cc12. The summed E-state index contributed by atoms with van der Waals surface area (Å²) in [6.07, 6.45) is 0. The number of rotatable bonds is 4. The van der Waals surface area contributed by atoms with Crippen molar-refractivity contribution in [2.45, 2.75) is 6.61 Å². The van der Waals surface area contributed by atoms with Crippen LogP contribution in [0, 0.1) is 0 Å². The van der Waals surface area contributed by atoms with E-state index in [2.05, 4.69) is 0 Å². The van der Waals surface area contributed by atoms with Crippen molar-refractivity contribution >= 4 is 21.5 Å². The van der Waals surface area contributed by atoms with Crippen LogP contribution in [0.4, 0.5) is 0 Å². The largest absolute Gasteiger partial charge is 0.497 e. The molecule has 0 heterocycles. The third kappa shape index (κ3) is 2.22. The minimum Gasteiger partial charge on any atom is -0.497 e. The maximum atomic E-state index is 9.69. The Bertz CT molecular complexity index is 839. The minimum atomic E-state index is -0.0338. The van der Waals surface area contributed by atoms with E-state index in [0.29, 0.717) is 11.5 Å². The molecule has 4 nitrogen and oxygen atoms in total. The highest BCUT2D eigenvalue weighted by Crippen LogP contribution is 2.38. The summed E-state index contributed by atoms with van der Waals surface area (Å²) in [7, 11) is 4.87. The Labute approximate surface area is 128 Å². The van der Waals surface area contributed by atoms with E-state index in [-0.39, 0.29) is 6.61 Å². The molecule has 0 bridgehead atoms. The quantitative estimate of drug-likeness (QED) is 0.749. The van der Waals surface area contributed by atoms with E-state index in [1.54, 1.807) is 21.3 Å². The molecule has 0 radical (unpaired) electrons. The van der Waals surface area contributed by atoms with E-state index in [1.807, 2.05) is 36.4 Å². The van der Waals surface area contributed by atoms with Gasteiger partial charge in [0.2, 0.25) is 0 Å². The molecule has 0 aliphatic rings. The number of aliphatic hydroxyl groups excluding tert-OH is 1. The molecule has 0 aliphatic heterocycles. The van der Waals surface area contributed by atoms with Crippen LogP contribution in [0.2, 0.25) is 0 Å². The van der Waals surface area contributed by atoms with Crippen LogP contribution in [0.25, 0.3) is 21.5 Å². The third-order valence-corrected chi connectivity index (χ3v) is 3.92. The summed E-state index contributed by atoms with van der Waals surface area (Å²) < 4.78 is 16.0. The van der Waals surface area contributed by atoms with E-state index in [4.69, 9.17) is 14.2 Å². The Hall–Kier alpha value is -2.46. The van der Waals surface area contributed by atoms with Crippen molar-refractivity contribution in [1.29, 1.82) is 0 Å². The molecule has 0 saturated carbocycles. The number of hydrogen-bond donors (Lipinski definition) is 1. The molecule has 1 N–H and O–H groups in total. The van der Waals surface area contributed by atoms with Crippen molar-refractivity contribution in [3.05, 3.63) is 42.0 Å². The van der Waals surface area contributed by atoms with Gasteiger partial charge in [-0.05, 0) is 57.4 Å². The molecule has 0 atom stereocenters. The van der Waals surface area contributed by atoms with E-state index in [1.165, 1.54) is 0 Å². The van der Waals surface area contributed by atoms with Crippen molar-refractivity contribution in [2.24, 2.45) is 0 Å². The number of ether oxygens (including phenoxy) is 3. The maximum Gasteiger partial charge on any atom is 0.161 e. The predicted octanol–water partition coefficient (Wildman–Crippen LogP) is 3.51. The molecule has 0 spiro atoms. The minimum absolute atomic E-state index is 0.0338. The van der Waals surface area contributed by atoms with Gasteiger partial charge in [-0.2, -0.15) is 0 Å². The monoisotopic (exact) mass is 298 g/mol. The lowest BCUT2D eigenvalue weighted by molar-refractivity contribution is 0.283.